The highest BCUT2D eigenvalue weighted by Gasteiger charge is 2.20. The number of hydrogen-bond donors (Lipinski definition) is 5. The Morgan fingerprint density at radius 2 is 1.64 bits per heavy atom. The van der Waals surface area contributed by atoms with Crippen molar-refractivity contribution in [2.24, 2.45) is 0 Å². The number of fused-ring (bicyclic) bond motifs is 3. The van der Waals surface area contributed by atoms with Crippen LogP contribution in [0.2, 0.25) is 0 Å². The number of aryl methyl sites for hydroxylation is 1. The van der Waals surface area contributed by atoms with Crippen molar-refractivity contribution in [1.29, 1.82) is 0 Å². The number of amides is 3. The number of ether oxygens (including phenoxy) is 2. The summed E-state index contributed by atoms with van der Waals surface area (Å²) in [7, 11) is 0. The molecule has 4 heterocycles. The normalized spacial score (nSPS) is 13.6. The number of carbonyl (C=O) groups excluding carboxylic acids is 3. The number of aromatic nitrogens is 2. The molecule has 2 aromatic heterocycles. The van der Waals surface area contributed by atoms with Crippen molar-refractivity contribution < 1.29 is 23.9 Å². The first-order valence-corrected chi connectivity index (χ1v) is 13.9. The van der Waals surface area contributed by atoms with E-state index in [4.69, 9.17) is 9.47 Å². The first-order valence-electron chi connectivity index (χ1n) is 13.1. The van der Waals surface area contributed by atoms with Gasteiger partial charge in [-0.3, -0.25) is 19.2 Å². The topological polar surface area (TPSA) is 164 Å². The number of H-pyrrole nitrogens is 1. The van der Waals surface area contributed by atoms with Gasteiger partial charge in [0, 0.05) is 23.7 Å². The maximum absolute atomic E-state index is 12.9. The van der Waals surface area contributed by atoms with Gasteiger partial charge in [-0.1, -0.05) is 18.7 Å². The molecule has 0 bridgehead atoms. The summed E-state index contributed by atoms with van der Waals surface area (Å²) in [5.41, 5.74) is 3.90. The van der Waals surface area contributed by atoms with Crippen LogP contribution in [0.4, 0.5) is 11.4 Å². The lowest BCUT2D eigenvalue weighted by atomic mass is 10.1. The summed E-state index contributed by atoms with van der Waals surface area (Å²) in [6.45, 7) is 6.46. The fourth-order valence-corrected chi connectivity index (χ4v) is 5.86. The maximum atomic E-state index is 12.9. The minimum Gasteiger partial charge on any atom is -0.485 e. The number of benzene rings is 2. The van der Waals surface area contributed by atoms with Gasteiger partial charge in [0.2, 0.25) is 11.7 Å². The molecule has 5 N–H and O–H groups in total. The molecule has 0 radical (unpaired) electrons. The predicted molar refractivity (Wildman–Crippen MR) is 157 cm³/mol. The number of nitrogens with zero attached hydrogens (tertiary/aromatic N) is 1. The van der Waals surface area contributed by atoms with Crippen LogP contribution in [0.25, 0.3) is 10.2 Å². The summed E-state index contributed by atoms with van der Waals surface area (Å²) in [4.78, 5) is 58.1. The van der Waals surface area contributed by atoms with Crippen molar-refractivity contribution >= 4 is 50.6 Å². The third-order valence-electron chi connectivity index (χ3n) is 6.81. The molecule has 3 amide bonds. The van der Waals surface area contributed by atoms with Crippen LogP contribution in [0.5, 0.6) is 11.5 Å². The van der Waals surface area contributed by atoms with Gasteiger partial charge in [0.15, 0.2) is 6.61 Å². The van der Waals surface area contributed by atoms with E-state index >= 15 is 0 Å². The Morgan fingerprint density at radius 3 is 2.38 bits per heavy atom. The zero-order chi connectivity index (χ0) is 29.4. The number of aromatic amines is 1. The molecule has 214 valence electrons. The smallest absolute Gasteiger partial charge is 0.287 e. The van der Waals surface area contributed by atoms with Gasteiger partial charge in [0.25, 0.3) is 17.4 Å². The van der Waals surface area contributed by atoms with Crippen molar-refractivity contribution in [2.45, 2.75) is 26.4 Å². The Hall–Kier alpha value is -5.17. The number of thiophene rings is 1. The van der Waals surface area contributed by atoms with Crippen LogP contribution in [0, 0.1) is 6.92 Å². The van der Waals surface area contributed by atoms with E-state index in [1.165, 1.54) is 11.3 Å². The number of carbonyl (C=O) groups is 3. The van der Waals surface area contributed by atoms with Crippen molar-refractivity contribution in [3.63, 3.8) is 0 Å². The van der Waals surface area contributed by atoms with Gasteiger partial charge < -0.3 is 35.7 Å². The van der Waals surface area contributed by atoms with Crippen LogP contribution >= 0.6 is 11.3 Å². The summed E-state index contributed by atoms with van der Waals surface area (Å²) in [6, 6.07) is 10.8. The van der Waals surface area contributed by atoms with Gasteiger partial charge in [-0.05, 0) is 47.9 Å². The van der Waals surface area contributed by atoms with E-state index in [0.29, 0.717) is 45.2 Å². The molecule has 0 fully saturated rings. The first-order chi connectivity index (χ1) is 20.2. The minimum atomic E-state index is -0.564. The second-order valence-electron chi connectivity index (χ2n) is 9.90. The Bertz CT molecular complexity index is 1840. The summed E-state index contributed by atoms with van der Waals surface area (Å²) >= 11 is 1.21. The van der Waals surface area contributed by atoms with Crippen molar-refractivity contribution in [3.8, 4) is 11.5 Å². The zero-order valence-corrected chi connectivity index (χ0v) is 23.3. The fourth-order valence-electron chi connectivity index (χ4n) is 4.68. The summed E-state index contributed by atoms with van der Waals surface area (Å²) in [5, 5.41) is 11.9. The lowest BCUT2D eigenvalue weighted by Crippen LogP contribution is -2.28. The maximum Gasteiger partial charge on any atom is 0.287 e. The molecule has 0 unspecified atom stereocenters. The Labute approximate surface area is 243 Å². The van der Waals surface area contributed by atoms with Crippen LogP contribution in [0.3, 0.4) is 0 Å². The van der Waals surface area contributed by atoms with Crippen LogP contribution < -0.4 is 36.3 Å². The summed E-state index contributed by atoms with van der Waals surface area (Å²) in [5.74, 6) is 0.121. The van der Waals surface area contributed by atoms with Crippen molar-refractivity contribution in [2.75, 3.05) is 23.8 Å². The van der Waals surface area contributed by atoms with Gasteiger partial charge in [0.1, 0.15) is 22.9 Å². The number of hydrogen-bond acceptors (Lipinski definition) is 9. The zero-order valence-electron chi connectivity index (χ0n) is 22.5. The van der Waals surface area contributed by atoms with E-state index in [1.54, 1.807) is 25.1 Å². The van der Waals surface area contributed by atoms with Gasteiger partial charge in [-0.2, -0.15) is 0 Å². The second kappa shape index (κ2) is 11.0. The standard InChI is InChI=1S/C29H26N6O6S/c1-14-12-40-20-5-3-16(7-18(20)32-14)10-30-23(36)9-22-15(2)25-27(38)34-26(35-29(25)42-22)28(39)31-11-17-4-6-21-19(8-17)33-24(37)13-41-21/h3-8,32H,1,9-13H2,2H3,(H,30,36)(H,31,39)(H,33,37)(H,34,35,38). The molecule has 0 spiro atoms. The predicted octanol–water partition coefficient (Wildman–Crippen LogP) is 2.73. The van der Waals surface area contributed by atoms with Gasteiger partial charge in [-0.25, -0.2) is 4.98 Å². The van der Waals surface area contributed by atoms with Crippen LogP contribution in [-0.2, 0) is 29.1 Å². The molecule has 4 aromatic rings. The van der Waals surface area contributed by atoms with Gasteiger partial charge >= 0.3 is 0 Å². The highest BCUT2D eigenvalue weighted by Crippen LogP contribution is 2.31. The molecular formula is C29H26N6O6S. The van der Waals surface area contributed by atoms with Crippen LogP contribution in [0.1, 0.15) is 32.2 Å². The Kier molecular flexibility index (Phi) is 7.08. The third kappa shape index (κ3) is 5.54. The van der Waals surface area contributed by atoms with E-state index in [2.05, 4.69) is 37.8 Å². The Morgan fingerprint density at radius 1 is 0.976 bits per heavy atom. The van der Waals surface area contributed by atoms with Gasteiger partial charge in [0.05, 0.1) is 23.2 Å². The summed E-state index contributed by atoms with van der Waals surface area (Å²) < 4.78 is 11.0. The molecule has 0 saturated heterocycles. The van der Waals surface area contributed by atoms with Crippen molar-refractivity contribution in [1.82, 2.24) is 20.6 Å². The average molecular weight is 587 g/mol. The number of anilines is 2. The Balaban J connectivity index is 1.11. The monoisotopic (exact) mass is 586 g/mol. The van der Waals surface area contributed by atoms with E-state index < -0.39 is 11.5 Å². The number of nitrogens with one attached hydrogen (secondary N) is 5. The molecule has 0 atom stereocenters. The molecule has 0 aliphatic carbocycles. The molecule has 2 aromatic carbocycles. The molecule has 13 heteroatoms. The largest absolute Gasteiger partial charge is 0.485 e. The lowest BCUT2D eigenvalue weighted by molar-refractivity contribution is -0.120. The fraction of sp³-hybridized carbons (Fsp3) is 0.207. The van der Waals surface area contributed by atoms with E-state index in [-0.39, 0.29) is 37.2 Å². The quantitative estimate of drug-likeness (QED) is 0.221. The molecule has 6 rings (SSSR count). The highest BCUT2D eigenvalue weighted by molar-refractivity contribution is 7.18. The highest BCUT2D eigenvalue weighted by atomic mass is 32.1. The minimum absolute atomic E-state index is 0.0422. The molecule has 12 nitrogen and oxygen atoms in total. The summed E-state index contributed by atoms with van der Waals surface area (Å²) in [6.07, 6.45) is 0.0650. The van der Waals surface area contributed by atoms with Crippen LogP contribution in [-0.4, -0.2) is 40.9 Å². The second-order valence-corrected chi connectivity index (χ2v) is 11.0. The van der Waals surface area contributed by atoms with E-state index in [0.717, 1.165) is 28.3 Å². The van der Waals surface area contributed by atoms with Crippen LogP contribution in [0.15, 0.2) is 53.5 Å². The number of rotatable bonds is 7. The lowest BCUT2D eigenvalue weighted by Gasteiger charge is -2.21. The molecule has 42 heavy (non-hydrogen) atoms. The van der Waals surface area contributed by atoms with E-state index in [9.17, 15) is 19.2 Å². The van der Waals surface area contributed by atoms with E-state index in [1.807, 2.05) is 18.2 Å². The van der Waals surface area contributed by atoms with Crippen molar-refractivity contribution in [3.05, 3.63) is 86.4 Å². The first kappa shape index (κ1) is 27.0. The molecule has 0 saturated carbocycles. The molecule has 2 aliphatic heterocycles. The van der Waals surface area contributed by atoms with Gasteiger partial charge in [-0.15, -0.1) is 11.3 Å². The molecular weight excluding hydrogens is 560 g/mol. The third-order valence-corrected chi connectivity index (χ3v) is 8.00. The molecule has 2 aliphatic rings. The average Bonchev–Trinajstić information content (AvgIpc) is 3.29. The SMILES string of the molecule is C=C1COc2ccc(CNC(=O)Cc3sc4nc(C(=O)NCc5ccc6c(c5)NC(=O)CO6)[nH]c(=O)c4c3C)cc2N1.